The number of rotatable bonds is 4. The first-order chi connectivity index (χ1) is 6.70. The molecule has 2 nitrogen and oxygen atoms in total. The predicted molar refractivity (Wildman–Crippen MR) is 55.8 cm³/mol. The van der Waals surface area contributed by atoms with Gasteiger partial charge in [-0.1, -0.05) is 30.3 Å². The summed E-state index contributed by atoms with van der Waals surface area (Å²) in [5.74, 6) is 0. The highest BCUT2D eigenvalue weighted by molar-refractivity contribution is 5.19. The van der Waals surface area contributed by atoms with Crippen molar-refractivity contribution in [3.63, 3.8) is 0 Å². The molecule has 14 heavy (non-hydrogen) atoms. The van der Waals surface area contributed by atoms with Crippen LogP contribution < -0.4 is 0 Å². The number of hydrogen-bond acceptors (Lipinski definition) is 2. The van der Waals surface area contributed by atoms with Gasteiger partial charge in [0.25, 0.3) is 0 Å². The molecule has 1 atom stereocenters. The van der Waals surface area contributed by atoms with Gasteiger partial charge in [0, 0.05) is 13.0 Å². The monoisotopic (exact) mass is 189 g/mol. The second kappa shape index (κ2) is 4.78. The van der Waals surface area contributed by atoms with E-state index in [0.29, 0.717) is 13.0 Å². The minimum atomic E-state index is -0.698. The Morgan fingerprint density at radius 3 is 2.50 bits per heavy atom. The summed E-state index contributed by atoms with van der Waals surface area (Å²) in [5, 5.41) is 9.00. The Morgan fingerprint density at radius 2 is 2.00 bits per heavy atom. The molecule has 1 rings (SSSR count). The minimum Gasteiger partial charge on any atom is -0.360 e. The predicted octanol–water partition coefficient (Wildman–Crippen LogP) is 2.55. The number of nitriles is 1. The fraction of sp³-hybridized carbons (Fsp3) is 0.417. The number of ether oxygens (including phenoxy) is 1. The van der Waals surface area contributed by atoms with E-state index in [1.165, 1.54) is 0 Å². The maximum Gasteiger partial charge on any atom is 0.155 e. The molecule has 0 radical (unpaired) electrons. The second-order valence-electron chi connectivity index (χ2n) is 3.44. The highest BCUT2D eigenvalue weighted by Gasteiger charge is 2.24. The van der Waals surface area contributed by atoms with E-state index in [1.807, 2.05) is 44.2 Å². The van der Waals surface area contributed by atoms with Gasteiger partial charge in [-0.3, -0.25) is 0 Å². The van der Waals surface area contributed by atoms with Crippen LogP contribution in [-0.2, 0) is 11.2 Å². The maximum atomic E-state index is 9.00. The summed E-state index contributed by atoms with van der Waals surface area (Å²) >= 11 is 0. The van der Waals surface area contributed by atoms with E-state index in [9.17, 15) is 0 Å². The van der Waals surface area contributed by atoms with Crippen molar-refractivity contribution in [3.8, 4) is 6.07 Å². The average molecular weight is 189 g/mol. The average Bonchev–Trinajstić information content (AvgIpc) is 2.20. The van der Waals surface area contributed by atoms with Crippen molar-refractivity contribution in [1.29, 1.82) is 5.26 Å². The Kier molecular flexibility index (Phi) is 3.67. The summed E-state index contributed by atoms with van der Waals surface area (Å²) in [4.78, 5) is 0. The molecule has 1 aromatic carbocycles. The molecule has 0 saturated carbocycles. The lowest BCUT2D eigenvalue weighted by molar-refractivity contribution is 0.0203. The van der Waals surface area contributed by atoms with Crippen molar-refractivity contribution < 1.29 is 4.74 Å². The van der Waals surface area contributed by atoms with E-state index in [2.05, 4.69) is 6.07 Å². The zero-order valence-electron chi connectivity index (χ0n) is 8.66. The first-order valence-corrected chi connectivity index (χ1v) is 4.79. The Hall–Kier alpha value is -1.33. The minimum absolute atomic E-state index is 0.566. The quantitative estimate of drug-likeness (QED) is 0.729. The topological polar surface area (TPSA) is 33.0 Å². The summed E-state index contributed by atoms with van der Waals surface area (Å²) in [6.07, 6.45) is 0.637. The lowest BCUT2D eigenvalue weighted by atomic mass is 9.98. The van der Waals surface area contributed by atoms with Crippen LogP contribution in [0.4, 0.5) is 0 Å². The first-order valence-electron chi connectivity index (χ1n) is 4.79. The molecular formula is C12H15NO. The summed E-state index contributed by atoms with van der Waals surface area (Å²) in [5.41, 5.74) is 0.431. The molecule has 0 bridgehead atoms. The van der Waals surface area contributed by atoms with E-state index in [1.54, 1.807) is 0 Å². The van der Waals surface area contributed by atoms with Crippen LogP contribution in [0.2, 0.25) is 0 Å². The van der Waals surface area contributed by atoms with Crippen molar-refractivity contribution >= 4 is 0 Å². The summed E-state index contributed by atoms with van der Waals surface area (Å²) in [7, 11) is 0. The van der Waals surface area contributed by atoms with Gasteiger partial charge >= 0.3 is 0 Å². The standard InChI is InChI=1S/C12H15NO/c1-3-14-12(2,10-13)9-11-7-5-4-6-8-11/h4-8H,3,9H2,1-2H3. The van der Waals surface area contributed by atoms with Crippen LogP contribution in [0.1, 0.15) is 19.4 Å². The van der Waals surface area contributed by atoms with E-state index in [-0.39, 0.29) is 0 Å². The van der Waals surface area contributed by atoms with Crippen molar-refractivity contribution in [2.45, 2.75) is 25.9 Å². The van der Waals surface area contributed by atoms with Crippen molar-refractivity contribution in [1.82, 2.24) is 0 Å². The molecule has 74 valence electrons. The molecule has 0 N–H and O–H groups in total. The molecule has 1 unspecified atom stereocenters. The number of hydrogen-bond donors (Lipinski definition) is 0. The second-order valence-corrected chi connectivity index (χ2v) is 3.44. The van der Waals surface area contributed by atoms with Gasteiger partial charge in [0.2, 0.25) is 0 Å². The van der Waals surface area contributed by atoms with Gasteiger partial charge in [-0.15, -0.1) is 0 Å². The molecule has 0 aromatic heterocycles. The summed E-state index contributed by atoms with van der Waals surface area (Å²) < 4.78 is 5.42. The van der Waals surface area contributed by atoms with E-state index >= 15 is 0 Å². The van der Waals surface area contributed by atoms with Gasteiger partial charge in [0.15, 0.2) is 5.60 Å². The van der Waals surface area contributed by atoms with E-state index < -0.39 is 5.60 Å². The number of nitrogens with zero attached hydrogens (tertiary/aromatic N) is 1. The van der Waals surface area contributed by atoms with Crippen LogP contribution in [0.5, 0.6) is 0 Å². The highest BCUT2D eigenvalue weighted by Crippen LogP contribution is 2.16. The van der Waals surface area contributed by atoms with Crippen LogP contribution in [-0.4, -0.2) is 12.2 Å². The summed E-state index contributed by atoms with van der Waals surface area (Å²) in [6.45, 7) is 4.29. The highest BCUT2D eigenvalue weighted by atomic mass is 16.5. The van der Waals surface area contributed by atoms with Crippen LogP contribution in [0.25, 0.3) is 0 Å². The Bertz CT molecular complexity index is 315. The van der Waals surface area contributed by atoms with Crippen LogP contribution in [0.15, 0.2) is 30.3 Å². The van der Waals surface area contributed by atoms with Gasteiger partial charge in [-0.05, 0) is 19.4 Å². The third kappa shape index (κ3) is 2.86. The van der Waals surface area contributed by atoms with Crippen molar-refractivity contribution in [2.24, 2.45) is 0 Å². The van der Waals surface area contributed by atoms with E-state index in [0.717, 1.165) is 5.56 Å². The molecule has 0 heterocycles. The van der Waals surface area contributed by atoms with Crippen LogP contribution in [0.3, 0.4) is 0 Å². The summed E-state index contributed by atoms with van der Waals surface area (Å²) in [6, 6.07) is 12.1. The maximum absolute atomic E-state index is 9.00. The molecule has 0 saturated heterocycles. The third-order valence-electron chi connectivity index (χ3n) is 2.08. The Morgan fingerprint density at radius 1 is 1.36 bits per heavy atom. The van der Waals surface area contributed by atoms with Gasteiger partial charge in [0.1, 0.15) is 0 Å². The van der Waals surface area contributed by atoms with Crippen molar-refractivity contribution in [3.05, 3.63) is 35.9 Å². The Labute approximate surface area is 85.1 Å². The third-order valence-corrected chi connectivity index (χ3v) is 2.08. The zero-order valence-corrected chi connectivity index (χ0v) is 8.66. The zero-order chi connectivity index (χ0) is 10.4. The Balaban J connectivity index is 2.72. The van der Waals surface area contributed by atoms with Gasteiger partial charge < -0.3 is 4.74 Å². The van der Waals surface area contributed by atoms with Crippen LogP contribution >= 0.6 is 0 Å². The lowest BCUT2D eigenvalue weighted by Gasteiger charge is -2.21. The lowest BCUT2D eigenvalue weighted by Crippen LogP contribution is -2.29. The molecule has 0 fully saturated rings. The normalized spacial score (nSPS) is 14.4. The molecule has 0 spiro atoms. The molecule has 1 aromatic rings. The van der Waals surface area contributed by atoms with Gasteiger partial charge in [-0.25, -0.2) is 0 Å². The van der Waals surface area contributed by atoms with E-state index in [4.69, 9.17) is 10.00 Å². The molecule has 2 heteroatoms. The fourth-order valence-electron chi connectivity index (χ4n) is 1.43. The van der Waals surface area contributed by atoms with Gasteiger partial charge in [-0.2, -0.15) is 5.26 Å². The SMILES string of the molecule is CCOC(C)(C#N)Cc1ccccc1. The fourth-order valence-corrected chi connectivity index (χ4v) is 1.43. The molecule has 0 amide bonds. The molecule has 0 aliphatic carbocycles. The molecule has 0 aliphatic rings. The molecular weight excluding hydrogens is 174 g/mol. The molecule has 0 aliphatic heterocycles. The van der Waals surface area contributed by atoms with Gasteiger partial charge in [0.05, 0.1) is 6.07 Å². The van der Waals surface area contributed by atoms with Crippen molar-refractivity contribution in [2.75, 3.05) is 6.61 Å². The number of benzene rings is 1. The first kappa shape index (κ1) is 10.7. The smallest absolute Gasteiger partial charge is 0.155 e. The largest absolute Gasteiger partial charge is 0.360 e. The van der Waals surface area contributed by atoms with Crippen LogP contribution in [0, 0.1) is 11.3 Å².